The average Bonchev–Trinajstić information content (AvgIpc) is 2.90. The van der Waals surface area contributed by atoms with Gasteiger partial charge in [-0.2, -0.15) is 0 Å². The first-order valence-corrected chi connectivity index (χ1v) is 6.52. The molecular formula is C12H12N4OS. The maximum absolute atomic E-state index is 9.13. The van der Waals surface area contributed by atoms with E-state index < -0.39 is 0 Å². The smallest absolute Gasteiger partial charge is 0.220 e. The summed E-state index contributed by atoms with van der Waals surface area (Å²) in [7, 11) is 0. The third kappa shape index (κ3) is 1.84. The van der Waals surface area contributed by atoms with Gasteiger partial charge in [0.25, 0.3) is 0 Å². The minimum Gasteiger partial charge on any atom is -0.411 e. The molecule has 0 fully saturated rings. The number of anilines is 1. The topological polar surface area (TPSA) is 84.4 Å². The third-order valence-corrected chi connectivity index (χ3v) is 4.18. The van der Waals surface area contributed by atoms with Crippen molar-refractivity contribution in [2.24, 2.45) is 5.16 Å². The molecule has 3 N–H and O–H groups in total. The molecule has 0 aliphatic heterocycles. The Morgan fingerprint density at radius 2 is 2.33 bits per heavy atom. The van der Waals surface area contributed by atoms with Crippen LogP contribution in [0.25, 0.3) is 0 Å². The highest BCUT2D eigenvalue weighted by molar-refractivity contribution is 7.10. The monoisotopic (exact) mass is 260 g/mol. The fourth-order valence-corrected chi connectivity index (χ4v) is 3.13. The van der Waals surface area contributed by atoms with Crippen molar-refractivity contribution in [3.63, 3.8) is 0 Å². The van der Waals surface area contributed by atoms with Gasteiger partial charge in [-0.25, -0.2) is 9.97 Å². The molecule has 0 amide bonds. The first kappa shape index (κ1) is 11.2. The number of hydrogen-bond donors (Lipinski definition) is 2. The largest absolute Gasteiger partial charge is 0.411 e. The number of oxime groups is 1. The van der Waals surface area contributed by atoms with Gasteiger partial charge in [-0.15, -0.1) is 11.3 Å². The molecule has 0 spiro atoms. The van der Waals surface area contributed by atoms with Crippen LogP contribution in [0.1, 0.15) is 28.5 Å². The number of aromatic nitrogens is 2. The van der Waals surface area contributed by atoms with Crippen molar-refractivity contribution in [1.29, 1.82) is 0 Å². The lowest BCUT2D eigenvalue weighted by molar-refractivity contribution is 0.317. The van der Waals surface area contributed by atoms with Gasteiger partial charge in [0.1, 0.15) is 0 Å². The van der Waals surface area contributed by atoms with Crippen LogP contribution in [0, 0.1) is 0 Å². The highest BCUT2D eigenvalue weighted by atomic mass is 32.1. The summed E-state index contributed by atoms with van der Waals surface area (Å²) in [6.07, 6.45) is 3.15. The molecule has 1 atom stereocenters. The Labute approximate surface area is 108 Å². The lowest BCUT2D eigenvalue weighted by Gasteiger charge is -2.23. The van der Waals surface area contributed by atoms with Crippen LogP contribution in [0.5, 0.6) is 0 Å². The number of nitrogen functional groups attached to an aromatic ring is 1. The maximum atomic E-state index is 9.13. The normalized spacial score (nSPS) is 20.9. The Hall–Kier alpha value is -1.95. The SMILES string of the molecule is Nc1ncc2c(n1)CC(c1cccs1)CC2=NO. The van der Waals surface area contributed by atoms with Gasteiger partial charge in [0.15, 0.2) is 0 Å². The highest BCUT2D eigenvalue weighted by Gasteiger charge is 2.27. The molecular weight excluding hydrogens is 248 g/mol. The number of hydrogen-bond acceptors (Lipinski definition) is 6. The zero-order valence-electron chi connectivity index (χ0n) is 9.58. The summed E-state index contributed by atoms with van der Waals surface area (Å²) >= 11 is 1.71. The molecule has 1 aliphatic carbocycles. The van der Waals surface area contributed by atoms with E-state index in [1.54, 1.807) is 17.5 Å². The van der Waals surface area contributed by atoms with E-state index in [2.05, 4.69) is 26.6 Å². The minimum atomic E-state index is 0.262. The number of nitrogens with zero attached hydrogens (tertiary/aromatic N) is 3. The molecule has 2 heterocycles. The molecule has 92 valence electrons. The van der Waals surface area contributed by atoms with Gasteiger partial charge in [-0.05, 0) is 17.9 Å². The van der Waals surface area contributed by atoms with Crippen LogP contribution < -0.4 is 5.73 Å². The Kier molecular flexibility index (Phi) is 2.71. The second-order valence-electron chi connectivity index (χ2n) is 4.26. The maximum Gasteiger partial charge on any atom is 0.220 e. The predicted molar refractivity (Wildman–Crippen MR) is 70.1 cm³/mol. The van der Waals surface area contributed by atoms with E-state index in [4.69, 9.17) is 10.9 Å². The number of fused-ring (bicyclic) bond motifs is 1. The molecule has 3 rings (SSSR count). The van der Waals surface area contributed by atoms with Crippen LogP contribution in [-0.2, 0) is 6.42 Å². The molecule has 0 aromatic carbocycles. The summed E-state index contributed by atoms with van der Waals surface area (Å²) in [6, 6.07) is 4.12. The number of thiophene rings is 1. The van der Waals surface area contributed by atoms with E-state index in [1.807, 2.05) is 6.07 Å². The molecule has 0 saturated carbocycles. The second kappa shape index (κ2) is 4.38. The van der Waals surface area contributed by atoms with E-state index >= 15 is 0 Å². The molecule has 2 aromatic heterocycles. The fraction of sp³-hybridized carbons (Fsp3) is 0.250. The summed E-state index contributed by atoms with van der Waals surface area (Å²) in [5, 5.41) is 14.6. The Morgan fingerprint density at radius 1 is 1.44 bits per heavy atom. The van der Waals surface area contributed by atoms with Gasteiger partial charge in [0.2, 0.25) is 5.95 Å². The molecule has 2 aromatic rings. The summed E-state index contributed by atoms with van der Waals surface area (Å²) in [6.45, 7) is 0. The molecule has 1 unspecified atom stereocenters. The van der Waals surface area contributed by atoms with Crippen LogP contribution >= 0.6 is 11.3 Å². The van der Waals surface area contributed by atoms with Crippen molar-refractivity contribution in [1.82, 2.24) is 9.97 Å². The Balaban J connectivity index is 2.03. The van der Waals surface area contributed by atoms with Crippen LogP contribution in [0.15, 0.2) is 28.9 Å². The molecule has 0 bridgehead atoms. The van der Waals surface area contributed by atoms with Crippen molar-refractivity contribution in [3.8, 4) is 0 Å². The quantitative estimate of drug-likeness (QED) is 0.607. The molecule has 1 aliphatic rings. The molecule has 0 saturated heterocycles. The van der Waals surface area contributed by atoms with Crippen LogP contribution in [0.4, 0.5) is 5.95 Å². The standard InChI is InChI=1S/C12H12N4OS/c13-12-14-6-8-9(15-12)4-7(5-10(8)16-17)11-2-1-3-18-11/h1-3,6-7,17H,4-5H2,(H2,13,14,15). The van der Waals surface area contributed by atoms with Crippen LogP contribution in [-0.4, -0.2) is 20.9 Å². The first-order valence-electron chi connectivity index (χ1n) is 5.64. The second-order valence-corrected chi connectivity index (χ2v) is 5.24. The van der Waals surface area contributed by atoms with Crippen molar-refractivity contribution in [3.05, 3.63) is 39.8 Å². The van der Waals surface area contributed by atoms with E-state index in [-0.39, 0.29) is 5.95 Å². The zero-order valence-corrected chi connectivity index (χ0v) is 10.4. The van der Waals surface area contributed by atoms with Crippen molar-refractivity contribution in [2.45, 2.75) is 18.8 Å². The number of nitrogens with two attached hydrogens (primary N) is 1. The summed E-state index contributed by atoms with van der Waals surface area (Å²) in [4.78, 5) is 9.48. The Bertz CT molecular complexity index is 594. The van der Waals surface area contributed by atoms with E-state index in [0.717, 1.165) is 17.7 Å². The third-order valence-electron chi connectivity index (χ3n) is 3.14. The highest BCUT2D eigenvalue weighted by Crippen LogP contribution is 2.34. The fourth-order valence-electron chi connectivity index (χ4n) is 2.30. The number of rotatable bonds is 1. The summed E-state index contributed by atoms with van der Waals surface area (Å²) in [5.74, 6) is 0.565. The molecule has 0 radical (unpaired) electrons. The lowest BCUT2D eigenvalue weighted by atomic mass is 9.85. The van der Waals surface area contributed by atoms with E-state index in [0.29, 0.717) is 18.1 Å². The lowest BCUT2D eigenvalue weighted by Crippen LogP contribution is -2.21. The van der Waals surface area contributed by atoms with Crippen LogP contribution in [0.3, 0.4) is 0 Å². The van der Waals surface area contributed by atoms with Gasteiger partial charge in [-0.1, -0.05) is 11.2 Å². The summed E-state index contributed by atoms with van der Waals surface area (Å²) < 4.78 is 0. The van der Waals surface area contributed by atoms with Crippen molar-refractivity contribution >= 4 is 23.0 Å². The molecule has 18 heavy (non-hydrogen) atoms. The van der Waals surface area contributed by atoms with Gasteiger partial charge >= 0.3 is 0 Å². The van der Waals surface area contributed by atoms with Crippen LogP contribution in [0.2, 0.25) is 0 Å². The summed E-state index contributed by atoms with van der Waals surface area (Å²) in [5.41, 5.74) is 7.91. The van der Waals surface area contributed by atoms with E-state index in [1.165, 1.54) is 4.88 Å². The van der Waals surface area contributed by atoms with Gasteiger partial charge in [-0.3, -0.25) is 0 Å². The Morgan fingerprint density at radius 3 is 3.06 bits per heavy atom. The van der Waals surface area contributed by atoms with Gasteiger partial charge in [0, 0.05) is 29.0 Å². The first-order chi connectivity index (χ1) is 8.78. The predicted octanol–water partition coefficient (Wildman–Crippen LogP) is 2.03. The molecule has 5 nitrogen and oxygen atoms in total. The molecule has 6 heteroatoms. The van der Waals surface area contributed by atoms with E-state index in [9.17, 15) is 0 Å². The van der Waals surface area contributed by atoms with Crippen molar-refractivity contribution in [2.75, 3.05) is 5.73 Å². The van der Waals surface area contributed by atoms with Gasteiger partial charge < -0.3 is 10.9 Å². The zero-order chi connectivity index (χ0) is 12.5. The average molecular weight is 260 g/mol. The minimum absolute atomic E-state index is 0.262. The van der Waals surface area contributed by atoms with Crippen molar-refractivity contribution < 1.29 is 5.21 Å². The van der Waals surface area contributed by atoms with Gasteiger partial charge in [0.05, 0.1) is 11.4 Å².